The predicted molar refractivity (Wildman–Crippen MR) is 58.0 cm³/mol. The molecule has 0 aliphatic carbocycles. The largest absolute Gasteiger partial charge is 0.316 e. The zero-order chi connectivity index (χ0) is 9.84. The van der Waals surface area contributed by atoms with Gasteiger partial charge in [-0.05, 0) is 40.7 Å². The molecule has 3 atom stereocenters. The molecular formula is C11H24N2. The third-order valence-electron chi connectivity index (χ3n) is 3.35. The molecule has 0 amide bonds. The highest BCUT2D eigenvalue weighted by Gasteiger charge is 2.25. The number of hydrogen-bond acceptors (Lipinski definition) is 2. The molecule has 0 aromatic rings. The Morgan fingerprint density at radius 3 is 2.31 bits per heavy atom. The Morgan fingerprint density at radius 1 is 1.31 bits per heavy atom. The minimum Gasteiger partial charge on any atom is -0.316 e. The predicted octanol–water partition coefficient (Wildman–Crippen LogP) is 1.86. The summed E-state index contributed by atoms with van der Waals surface area (Å²) in [5.41, 5.74) is 0. The van der Waals surface area contributed by atoms with Crippen LogP contribution in [0.4, 0.5) is 0 Å². The summed E-state index contributed by atoms with van der Waals surface area (Å²) < 4.78 is 0. The average molecular weight is 184 g/mol. The summed E-state index contributed by atoms with van der Waals surface area (Å²) in [5, 5.41) is 3.31. The highest BCUT2D eigenvalue weighted by atomic mass is 15.2. The van der Waals surface area contributed by atoms with Crippen LogP contribution in [-0.4, -0.2) is 36.6 Å². The van der Waals surface area contributed by atoms with Crippen LogP contribution in [0.25, 0.3) is 0 Å². The summed E-state index contributed by atoms with van der Waals surface area (Å²) in [6, 6.07) is 2.17. The standard InChI is InChI=1S/C11H24N2/c1-9(12-4)8-13-10(2)6-5-7-11(13)3/h9-12H,5-8H2,1-4H3/t9?,10-,11+. The van der Waals surface area contributed by atoms with Crippen LogP contribution in [0.15, 0.2) is 0 Å². The number of nitrogens with one attached hydrogen (secondary N) is 1. The van der Waals surface area contributed by atoms with E-state index in [1.54, 1.807) is 0 Å². The maximum absolute atomic E-state index is 3.31. The molecule has 0 bridgehead atoms. The zero-order valence-corrected chi connectivity index (χ0v) is 9.51. The molecule has 1 unspecified atom stereocenters. The molecule has 0 saturated carbocycles. The second-order valence-electron chi connectivity index (χ2n) is 4.52. The lowest BCUT2D eigenvalue weighted by atomic mass is 9.97. The smallest absolute Gasteiger partial charge is 0.0163 e. The van der Waals surface area contributed by atoms with Crippen LogP contribution in [-0.2, 0) is 0 Å². The molecule has 2 nitrogen and oxygen atoms in total. The van der Waals surface area contributed by atoms with E-state index in [4.69, 9.17) is 0 Å². The molecule has 1 aliphatic heterocycles. The number of likely N-dealkylation sites (tertiary alicyclic amines) is 1. The summed E-state index contributed by atoms with van der Waals surface area (Å²) in [5.74, 6) is 0. The highest BCUT2D eigenvalue weighted by molar-refractivity contribution is 4.81. The second-order valence-corrected chi connectivity index (χ2v) is 4.52. The van der Waals surface area contributed by atoms with E-state index in [1.165, 1.54) is 25.8 Å². The van der Waals surface area contributed by atoms with Gasteiger partial charge in [0.05, 0.1) is 0 Å². The third kappa shape index (κ3) is 2.96. The van der Waals surface area contributed by atoms with E-state index < -0.39 is 0 Å². The number of rotatable bonds is 3. The monoisotopic (exact) mass is 184 g/mol. The Bertz CT molecular complexity index is 137. The molecule has 0 aromatic carbocycles. The van der Waals surface area contributed by atoms with Crippen LogP contribution < -0.4 is 5.32 Å². The molecule has 1 aliphatic rings. The molecule has 1 rings (SSSR count). The first kappa shape index (κ1) is 11.0. The normalized spacial score (nSPS) is 33.2. The van der Waals surface area contributed by atoms with Gasteiger partial charge in [0.1, 0.15) is 0 Å². The van der Waals surface area contributed by atoms with Crippen molar-refractivity contribution in [1.29, 1.82) is 0 Å². The van der Waals surface area contributed by atoms with E-state index in [9.17, 15) is 0 Å². The van der Waals surface area contributed by atoms with Gasteiger partial charge in [-0.3, -0.25) is 4.90 Å². The lowest BCUT2D eigenvalue weighted by Crippen LogP contribution is -2.49. The van der Waals surface area contributed by atoms with Gasteiger partial charge in [0.15, 0.2) is 0 Å². The van der Waals surface area contributed by atoms with E-state index in [1.807, 2.05) is 7.05 Å². The summed E-state index contributed by atoms with van der Waals surface area (Å²) >= 11 is 0. The fourth-order valence-electron chi connectivity index (χ4n) is 2.24. The van der Waals surface area contributed by atoms with Gasteiger partial charge in [-0.1, -0.05) is 6.42 Å². The molecule has 1 saturated heterocycles. The van der Waals surface area contributed by atoms with Crippen molar-refractivity contribution in [3.8, 4) is 0 Å². The number of nitrogens with zero attached hydrogens (tertiary/aromatic N) is 1. The molecule has 1 heterocycles. The minimum absolute atomic E-state index is 0.614. The molecule has 78 valence electrons. The summed E-state index contributed by atoms with van der Waals surface area (Å²) in [4.78, 5) is 2.64. The molecule has 0 radical (unpaired) electrons. The van der Waals surface area contributed by atoms with Gasteiger partial charge in [-0.25, -0.2) is 0 Å². The van der Waals surface area contributed by atoms with Crippen LogP contribution >= 0.6 is 0 Å². The summed E-state index contributed by atoms with van der Waals surface area (Å²) in [6.07, 6.45) is 4.16. The van der Waals surface area contributed by atoms with Crippen LogP contribution in [0.3, 0.4) is 0 Å². The zero-order valence-electron chi connectivity index (χ0n) is 9.51. The van der Waals surface area contributed by atoms with Crippen molar-refractivity contribution in [3.63, 3.8) is 0 Å². The van der Waals surface area contributed by atoms with Crippen molar-refractivity contribution in [2.75, 3.05) is 13.6 Å². The van der Waals surface area contributed by atoms with Crippen molar-refractivity contribution in [1.82, 2.24) is 10.2 Å². The van der Waals surface area contributed by atoms with Gasteiger partial charge < -0.3 is 5.32 Å². The Morgan fingerprint density at radius 2 is 1.85 bits per heavy atom. The third-order valence-corrected chi connectivity index (χ3v) is 3.35. The minimum atomic E-state index is 0.614. The lowest BCUT2D eigenvalue weighted by molar-refractivity contribution is 0.0944. The number of piperidine rings is 1. The van der Waals surface area contributed by atoms with Gasteiger partial charge >= 0.3 is 0 Å². The average Bonchev–Trinajstić information content (AvgIpc) is 2.11. The lowest BCUT2D eigenvalue weighted by Gasteiger charge is -2.40. The molecule has 0 aromatic heterocycles. The maximum Gasteiger partial charge on any atom is 0.0163 e. The van der Waals surface area contributed by atoms with Crippen molar-refractivity contribution >= 4 is 0 Å². The van der Waals surface area contributed by atoms with Crippen molar-refractivity contribution in [2.24, 2.45) is 0 Å². The molecule has 2 heteroatoms. The van der Waals surface area contributed by atoms with Gasteiger partial charge in [0, 0.05) is 24.7 Å². The van der Waals surface area contributed by atoms with E-state index in [-0.39, 0.29) is 0 Å². The summed E-state index contributed by atoms with van der Waals surface area (Å²) in [7, 11) is 2.05. The number of likely N-dealkylation sites (N-methyl/N-ethyl adjacent to an activating group) is 1. The first-order valence-electron chi connectivity index (χ1n) is 5.58. The molecule has 1 fully saturated rings. The van der Waals surface area contributed by atoms with E-state index >= 15 is 0 Å². The Labute approximate surface area is 82.7 Å². The van der Waals surface area contributed by atoms with Crippen molar-refractivity contribution in [2.45, 2.75) is 58.2 Å². The first-order chi connectivity index (χ1) is 6.15. The quantitative estimate of drug-likeness (QED) is 0.720. The van der Waals surface area contributed by atoms with Crippen LogP contribution in [0.2, 0.25) is 0 Å². The molecule has 1 N–H and O–H groups in total. The topological polar surface area (TPSA) is 15.3 Å². The first-order valence-corrected chi connectivity index (χ1v) is 5.58. The van der Waals surface area contributed by atoms with Crippen LogP contribution in [0, 0.1) is 0 Å². The maximum atomic E-state index is 3.31. The van der Waals surface area contributed by atoms with Crippen LogP contribution in [0.5, 0.6) is 0 Å². The Hall–Kier alpha value is -0.0800. The van der Waals surface area contributed by atoms with Crippen molar-refractivity contribution < 1.29 is 0 Å². The Balaban J connectivity index is 2.43. The SMILES string of the molecule is CNC(C)CN1[C@H](C)CCC[C@@H]1C. The molecule has 0 spiro atoms. The highest BCUT2D eigenvalue weighted by Crippen LogP contribution is 2.22. The van der Waals surface area contributed by atoms with Gasteiger partial charge in [-0.2, -0.15) is 0 Å². The van der Waals surface area contributed by atoms with Gasteiger partial charge in [0.25, 0.3) is 0 Å². The molecular weight excluding hydrogens is 160 g/mol. The van der Waals surface area contributed by atoms with Crippen LogP contribution in [0.1, 0.15) is 40.0 Å². The molecule has 13 heavy (non-hydrogen) atoms. The van der Waals surface area contributed by atoms with Gasteiger partial charge in [0.2, 0.25) is 0 Å². The fourth-order valence-corrected chi connectivity index (χ4v) is 2.24. The fraction of sp³-hybridized carbons (Fsp3) is 1.00. The Kier molecular flexibility index (Phi) is 4.20. The van der Waals surface area contributed by atoms with Crippen molar-refractivity contribution in [3.05, 3.63) is 0 Å². The van der Waals surface area contributed by atoms with Gasteiger partial charge in [-0.15, -0.1) is 0 Å². The van der Waals surface area contributed by atoms with E-state index in [2.05, 4.69) is 31.0 Å². The number of hydrogen-bond donors (Lipinski definition) is 1. The van der Waals surface area contributed by atoms with E-state index in [0.29, 0.717) is 6.04 Å². The second kappa shape index (κ2) is 4.97. The summed E-state index contributed by atoms with van der Waals surface area (Å²) in [6.45, 7) is 8.17. The van der Waals surface area contributed by atoms with E-state index in [0.717, 1.165) is 12.1 Å².